The maximum absolute atomic E-state index is 11.5. The SMILES string of the molecule is CC(C(C)N1C(=O)C=CC1=O)N1C(=O)C=CC1=O. The molecule has 18 heavy (non-hydrogen) atoms. The molecule has 0 aromatic heterocycles. The molecular weight excluding hydrogens is 236 g/mol. The maximum Gasteiger partial charge on any atom is 0.253 e. The molecule has 0 radical (unpaired) electrons. The van der Waals surface area contributed by atoms with E-state index in [9.17, 15) is 19.2 Å². The molecule has 0 aromatic rings. The minimum atomic E-state index is -0.562. The van der Waals surface area contributed by atoms with Gasteiger partial charge in [0.2, 0.25) is 0 Å². The van der Waals surface area contributed by atoms with E-state index in [2.05, 4.69) is 0 Å². The number of hydrogen-bond acceptors (Lipinski definition) is 4. The van der Waals surface area contributed by atoms with E-state index in [1.165, 1.54) is 24.3 Å². The summed E-state index contributed by atoms with van der Waals surface area (Å²) in [5.41, 5.74) is 0. The molecule has 6 nitrogen and oxygen atoms in total. The van der Waals surface area contributed by atoms with Gasteiger partial charge in [0.25, 0.3) is 23.6 Å². The molecule has 94 valence electrons. The first-order valence-electron chi connectivity index (χ1n) is 5.54. The van der Waals surface area contributed by atoms with Crippen LogP contribution in [-0.2, 0) is 19.2 Å². The fraction of sp³-hybridized carbons (Fsp3) is 0.333. The molecule has 2 aliphatic rings. The first kappa shape index (κ1) is 12.2. The summed E-state index contributed by atoms with van der Waals surface area (Å²) in [7, 11) is 0. The zero-order valence-corrected chi connectivity index (χ0v) is 9.99. The molecule has 2 heterocycles. The lowest BCUT2D eigenvalue weighted by Gasteiger charge is -2.32. The second-order valence-corrected chi connectivity index (χ2v) is 4.24. The third-order valence-corrected chi connectivity index (χ3v) is 3.20. The largest absolute Gasteiger partial charge is 0.270 e. The summed E-state index contributed by atoms with van der Waals surface area (Å²) in [6.45, 7) is 3.26. The lowest BCUT2D eigenvalue weighted by Crippen LogP contribution is -2.52. The van der Waals surface area contributed by atoms with Crippen molar-refractivity contribution in [1.29, 1.82) is 0 Å². The molecule has 0 spiro atoms. The van der Waals surface area contributed by atoms with Gasteiger partial charge in [-0.15, -0.1) is 0 Å². The van der Waals surface area contributed by atoms with Crippen LogP contribution in [0.3, 0.4) is 0 Å². The number of nitrogens with zero attached hydrogens (tertiary/aromatic N) is 2. The Balaban J connectivity index is 2.17. The highest BCUT2D eigenvalue weighted by molar-refractivity contribution is 6.14. The predicted octanol–water partition coefficient (Wildman–Crippen LogP) is -0.387. The van der Waals surface area contributed by atoms with E-state index < -0.39 is 35.7 Å². The van der Waals surface area contributed by atoms with Crippen molar-refractivity contribution in [1.82, 2.24) is 9.80 Å². The van der Waals surface area contributed by atoms with Gasteiger partial charge in [0.05, 0.1) is 12.1 Å². The van der Waals surface area contributed by atoms with Crippen LogP contribution in [0.5, 0.6) is 0 Å². The Hall–Kier alpha value is -2.24. The summed E-state index contributed by atoms with van der Waals surface area (Å²) in [5, 5.41) is 0. The normalized spacial score (nSPS) is 22.3. The summed E-state index contributed by atoms with van der Waals surface area (Å²) in [6, 6.07) is -1.12. The topological polar surface area (TPSA) is 74.8 Å². The number of hydrogen-bond donors (Lipinski definition) is 0. The summed E-state index contributed by atoms with van der Waals surface area (Å²) in [6.07, 6.45) is 4.71. The van der Waals surface area contributed by atoms with Crippen LogP contribution in [0, 0.1) is 0 Å². The number of imide groups is 2. The second kappa shape index (κ2) is 4.21. The summed E-state index contributed by atoms with van der Waals surface area (Å²) < 4.78 is 0. The van der Waals surface area contributed by atoms with E-state index in [1.54, 1.807) is 13.8 Å². The van der Waals surface area contributed by atoms with E-state index in [0.717, 1.165) is 9.80 Å². The monoisotopic (exact) mass is 248 g/mol. The van der Waals surface area contributed by atoms with E-state index in [-0.39, 0.29) is 0 Å². The molecular formula is C12H12N2O4. The number of amides is 4. The first-order chi connectivity index (χ1) is 8.43. The number of carbonyl (C=O) groups is 4. The Morgan fingerprint density at radius 3 is 1.11 bits per heavy atom. The Morgan fingerprint density at radius 2 is 0.889 bits per heavy atom. The van der Waals surface area contributed by atoms with Crippen LogP contribution in [0.2, 0.25) is 0 Å². The van der Waals surface area contributed by atoms with Gasteiger partial charge in [0, 0.05) is 24.3 Å². The van der Waals surface area contributed by atoms with Crippen molar-refractivity contribution >= 4 is 23.6 Å². The van der Waals surface area contributed by atoms with Gasteiger partial charge in [-0.25, -0.2) is 0 Å². The second-order valence-electron chi connectivity index (χ2n) is 4.24. The first-order valence-corrected chi connectivity index (χ1v) is 5.54. The highest BCUT2D eigenvalue weighted by Crippen LogP contribution is 2.18. The van der Waals surface area contributed by atoms with E-state index in [4.69, 9.17) is 0 Å². The van der Waals surface area contributed by atoms with Crippen LogP contribution in [0.1, 0.15) is 13.8 Å². The fourth-order valence-corrected chi connectivity index (χ4v) is 2.06. The minimum Gasteiger partial charge on any atom is -0.270 e. The standard InChI is InChI=1S/C12H12N2O4/c1-7(13-9(15)3-4-10(13)16)8(2)14-11(17)5-6-12(14)18/h3-8H,1-2H3. The van der Waals surface area contributed by atoms with E-state index in [0.29, 0.717) is 0 Å². The molecule has 2 unspecified atom stereocenters. The average molecular weight is 248 g/mol. The van der Waals surface area contributed by atoms with Gasteiger partial charge in [0.15, 0.2) is 0 Å². The van der Waals surface area contributed by atoms with Gasteiger partial charge < -0.3 is 0 Å². The Morgan fingerprint density at radius 1 is 0.667 bits per heavy atom. The molecule has 0 aromatic carbocycles. The molecule has 0 fully saturated rings. The maximum atomic E-state index is 11.5. The molecule has 0 aliphatic carbocycles. The molecule has 4 amide bonds. The van der Waals surface area contributed by atoms with E-state index >= 15 is 0 Å². The summed E-state index contributed by atoms with van der Waals surface area (Å²) >= 11 is 0. The van der Waals surface area contributed by atoms with Crippen molar-refractivity contribution in [2.45, 2.75) is 25.9 Å². The van der Waals surface area contributed by atoms with Crippen LogP contribution in [-0.4, -0.2) is 45.5 Å². The van der Waals surface area contributed by atoms with Crippen LogP contribution >= 0.6 is 0 Å². The van der Waals surface area contributed by atoms with Crippen molar-refractivity contribution in [3.8, 4) is 0 Å². The van der Waals surface area contributed by atoms with Crippen molar-refractivity contribution < 1.29 is 19.2 Å². The molecule has 2 atom stereocenters. The van der Waals surface area contributed by atoms with Crippen molar-refractivity contribution in [3.05, 3.63) is 24.3 Å². The molecule has 0 N–H and O–H groups in total. The minimum absolute atomic E-state index is 0.425. The Kier molecular flexibility index (Phi) is 2.86. The quantitative estimate of drug-likeness (QED) is 0.638. The van der Waals surface area contributed by atoms with Crippen LogP contribution < -0.4 is 0 Å². The fourth-order valence-electron chi connectivity index (χ4n) is 2.06. The van der Waals surface area contributed by atoms with Crippen molar-refractivity contribution in [2.24, 2.45) is 0 Å². The van der Waals surface area contributed by atoms with Crippen molar-refractivity contribution in [2.75, 3.05) is 0 Å². The Labute approximate surface area is 104 Å². The van der Waals surface area contributed by atoms with Gasteiger partial charge in [-0.2, -0.15) is 0 Å². The van der Waals surface area contributed by atoms with Gasteiger partial charge >= 0.3 is 0 Å². The molecule has 0 bridgehead atoms. The molecule has 6 heteroatoms. The highest BCUT2D eigenvalue weighted by Gasteiger charge is 2.38. The molecule has 2 aliphatic heterocycles. The molecule has 0 saturated heterocycles. The summed E-state index contributed by atoms with van der Waals surface area (Å²) in [5.74, 6) is -1.70. The third-order valence-electron chi connectivity index (χ3n) is 3.20. The molecule has 2 rings (SSSR count). The average Bonchev–Trinajstić information content (AvgIpc) is 2.81. The number of rotatable bonds is 3. The van der Waals surface area contributed by atoms with Crippen LogP contribution in [0.4, 0.5) is 0 Å². The third kappa shape index (κ3) is 1.75. The molecule has 0 saturated carbocycles. The van der Waals surface area contributed by atoms with E-state index in [1.807, 2.05) is 0 Å². The zero-order chi connectivity index (χ0) is 13.4. The van der Waals surface area contributed by atoms with Crippen molar-refractivity contribution in [3.63, 3.8) is 0 Å². The lowest BCUT2D eigenvalue weighted by atomic mass is 10.1. The van der Waals surface area contributed by atoms with Crippen LogP contribution in [0.25, 0.3) is 0 Å². The predicted molar refractivity (Wildman–Crippen MR) is 60.9 cm³/mol. The highest BCUT2D eigenvalue weighted by atomic mass is 16.2. The van der Waals surface area contributed by atoms with Gasteiger partial charge in [0.1, 0.15) is 0 Å². The van der Waals surface area contributed by atoms with Crippen LogP contribution in [0.15, 0.2) is 24.3 Å². The smallest absolute Gasteiger partial charge is 0.253 e. The Bertz CT molecular complexity index is 424. The van der Waals surface area contributed by atoms with Gasteiger partial charge in [-0.1, -0.05) is 0 Å². The van der Waals surface area contributed by atoms with Gasteiger partial charge in [-0.05, 0) is 13.8 Å². The zero-order valence-electron chi connectivity index (χ0n) is 9.99. The summed E-state index contributed by atoms with van der Waals surface area (Å²) in [4.78, 5) is 48.2. The number of carbonyl (C=O) groups excluding carboxylic acids is 4. The lowest BCUT2D eigenvalue weighted by molar-refractivity contribution is -0.147. The van der Waals surface area contributed by atoms with Gasteiger partial charge in [-0.3, -0.25) is 29.0 Å².